The number of nitrogens with one attached hydrogen (secondary N) is 1. The summed E-state index contributed by atoms with van der Waals surface area (Å²) < 4.78 is 0. The summed E-state index contributed by atoms with van der Waals surface area (Å²) in [4.78, 5) is 18.0. The zero-order valence-corrected chi connectivity index (χ0v) is 11.3. The highest BCUT2D eigenvalue weighted by molar-refractivity contribution is 5.92. The highest BCUT2D eigenvalue weighted by Crippen LogP contribution is 2.02. The topological polar surface area (TPSA) is 71.2 Å². The number of pyridine rings is 1. The lowest BCUT2D eigenvalue weighted by Crippen LogP contribution is -2.37. The third-order valence-corrected chi connectivity index (χ3v) is 3.11. The summed E-state index contributed by atoms with van der Waals surface area (Å²) in [6.07, 6.45) is 2.64. The molecular weight excluding hydrogens is 228 g/mol. The number of aromatic nitrogens is 1. The summed E-state index contributed by atoms with van der Waals surface area (Å²) in [6, 6.07) is 3.76. The fourth-order valence-electron chi connectivity index (χ4n) is 1.54. The van der Waals surface area contributed by atoms with Crippen LogP contribution >= 0.6 is 0 Å². The number of rotatable bonds is 6. The van der Waals surface area contributed by atoms with Crippen LogP contribution in [0.1, 0.15) is 30.8 Å². The number of carbonyl (C=O) groups is 1. The lowest BCUT2D eigenvalue weighted by Gasteiger charge is -2.23. The van der Waals surface area contributed by atoms with Crippen LogP contribution < -0.4 is 11.1 Å². The first kappa shape index (κ1) is 14.4. The van der Waals surface area contributed by atoms with E-state index in [9.17, 15) is 4.79 Å². The van der Waals surface area contributed by atoms with Gasteiger partial charge in [0.25, 0.3) is 5.91 Å². The highest BCUT2D eigenvalue weighted by Gasteiger charge is 2.09. The van der Waals surface area contributed by atoms with E-state index >= 15 is 0 Å². The predicted octanol–water partition coefficient (Wildman–Crippen LogP) is 1.12. The maximum absolute atomic E-state index is 11.8. The molecule has 5 nitrogen and oxygen atoms in total. The Morgan fingerprint density at radius 2 is 2.33 bits per heavy atom. The van der Waals surface area contributed by atoms with Gasteiger partial charge >= 0.3 is 0 Å². The van der Waals surface area contributed by atoms with Gasteiger partial charge in [-0.1, -0.05) is 6.92 Å². The van der Waals surface area contributed by atoms with E-state index in [2.05, 4.69) is 36.1 Å². The molecule has 1 unspecified atom stereocenters. The van der Waals surface area contributed by atoms with Gasteiger partial charge in [-0.15, -0.1) is 0 Å². The zero-order chi connectivity index (χ0) is 13.5. The van der Waals surface area contributed by atoms with Gasteiger partial charge in [0, 0.05) is 31.0 Å². The van der Waals surface area contributed by atoms with Crippen LogP contribution in [0.5, 0.6) is 0 Å². The Bertz CT molecular complexity index is 394. The molecule has 1 rings (SSSR count). The molecule has 0 radical (unpaired) electrons. The molecule has 0 spiro atoms. The van der Waals surface area contributed by atoms with Gasteiger partial charge in [-0.25, -0.2) is 0 Å². The van der Waals surface area contributed by atoms with Crippen molar-refractivity contribution in [1.29, 1.82) is 0 Å². The molecular formula is C13H22N4O. The summed E-state index contributed by atoms with van der Waals surface area (Å²) in [5.41, 5.74) is 6.51. The lowest BCUT2D eigenvalue weighted by atomic mass is 10.2. The number of nitrogen functional groups attached to an aromatic ring is 1. The second kappa shape index (κ2) is 6.96. The van der Waals surface area contributed by atoms with Crippen molar-refractivity contribution >= 4 is 11.6 Å². The van der Waals surface area contributed by atoms with E-state index in [4.69, 9.17) is 5.73 Å². The van der Waals surface area contributed by atoms with Crippen LogP contribution in [0.15, 0.2) is 18.3 Å². The minimum atomic E-state index is -0.181. The van der Waals surface area contributed by atoms with Gasteiger partial charge in [0.15, 0.2) is 0 Å². The van der Waals surface area contributed by atoms with E-state index in [1.807, 2.05) is 0 Å². The molecule has 1 heterocycles. The Hall–Kier alpha value is -1.62. The maximum Gasteiger partial charge on any atom is 0.269 e. The number of hydrogen-bond acceptors (Lipinski definition) is 4. The molecule has 0 saturated heterocycles. The first-order valence-electron chi connectivity index (χ1n) is 6.24. The second-order valence-electron chi connectivity index (χ2n) is 4.47. The van der Waals surface area contributed by atoms with Crippen molar-refractivity contribution in [2.24, 2.45) is 0 Å². The van der Waals surface area contributed by atoms with E-state index in [1.165, 1.54) is 6.20 Å². The van der Waals surface area contributed by atoms with Crippen molar-refractivity contribution in [1.82, 2.24) is 15.2 Å². The molecule has 0 aliphatic carbocycles. The monoisotopic (exact) mass is 250 g/mol. The van der Waals surface area contributed by atoms with E-state index < -0.39 is 0 Å². The van der Waals surface area contributed by atoms with E-state index in [0.29, 0.717) is 24.0 Å². The van der Waals surface area contributed by atoms with Crippen LogP contribution in [0.2, 0.25) is 0 Å². The Morgan fingerprint density at radius 1 is 1.61 bits per heavy atom. The molecule has 1 aromatic heterocycles. The van der Waals surface area contributed by atoms with Crippen LogP contribution in [0.25, 0.3) is 0 Å². The van der Waals surface area contributed by atoms with Gasteiger partial charge in [0.05, 0.1) is 0 Å². The summed E-state index contributed by atoms with van der Waals surface area (Å²) in [5, 5.41) is 2.84. The quantitative estimate of drug-likeness (QED) is 0.794. The number of anilines is 1. The molecule has 0 aliphatic rings. The summed E-state index contributed by atoms with van der Waals surface area (Å²) in [5.74, 6) is -0.181. The van der Waals surface area contributed by atoms with E-state index in [1.54, 1.807) is 12.1 Å². The molecule has 18 heavy (non-hydrogen) atoms. The summed E-state index contributed by atoms with van der Waals surface area (Å²) >= 11 is 0. The standard InChI is InChI=1S/C13H22N4O/c1-4-10(2)17(3)8-7-16-13(18)12-9-11(14)5-6-15-12/h5-6,9-10H,4,7-8H2,1-3H3,(H2,14,15)(H,16,18). The number of nitrogens with zero attached hydrogens (tertiary/aromatic N) is 2. The summed E-state index contributed by atoms with van der Waals surface area (Å²) in [7, 11) is 2.05. The number of hydrogen-bond donors (Lipinski definition) is 2. The molecule has 1 aromatic rings. The zero-order valence-electron chi connectivity index (χ0n) is 11.3. The van der Waals surface area contributed by atoms with Crippen molar-refractivity contribution < 1.29 is 4.79 Å². The largest absolute Gasteiger partial charge is 0.399 e. The Labute approximate surface area is 108 Å². The van der Waals surface area contributed by atoms with Gasteiger partial charge in [-0.2, -0.15) is 0 Å². The lowest BCUT2D eigenvalue weighted by molar-refractivity contribution is 0.0942. The van der Waals surface area contributed by atoms with Gasteiger partial charge in [0.1, 0.15) is 5.69 Å². The molecule has 1 atom stereocenters. The number of amides is 1. The van der Waals surface area contributed by atoms with Crippen LogP contribution in [0, 0.1) is 0 Å². The normalized spacial score (nSPS) is 12.4. The highest BCUT2D eigenvalue weighted by atomic mass is 16.1. The Balaban J connectivity index is 2.38. The fourth-order valence-corrected chi connectivity index (χ4v) is 1.54. The number of nitrogens with two attached hydrogens (primary N) is 1. The smallest absolute Gasteiger partial charge is 0.269 e. The third kappa shape index (κ3) is 4.33. The van der Waals surface area contributed by atoms with Crippen molar-refractivity contribution in [3.8, 4) is 0 Å². The predicted molar refractivity (Wildman–Crippen MR) is 73.4 cm³/mol. The molecule has 0 fully saturated rings. The summed E-state index contributed by atoms with van der Waals surface area (Å²) in [6.45, 7) is 5.75. The number of carbonyl (C=O) groups excluding carboxylic acids is 1. The average molecular weight is 250 g/mol. The molecule has 0 aromatic carbocycles. The Kier molecular flexibility index (Phi) is 5.58. The first-order chi connectivity index (χ1) is 8.54. The van der Waals surface area contributed by atoms with Gasteiger partial charge in [-0.05, 0) is 32.5 Å². The van der Waals surface area contributed by atoms with Gasteiger partial charge in [0.2, 0.25) is 0 Å². The van der Waals surface area contributed by atoms with Crippen LogP contribution in [-0.2, 0) is 0 Å². The molecule has 5 heteroatoms. The van der Waals surface area contributed by atoms with Crippen molar-refractivity contribution in [3.05, 3.63) is 24.0 Å². The SMILES string of the molecule is CCC(C)N(C)CCNC(=O)c1cc(N)ccn1. The molecule has 100 valence electrons. The average Bonchev–Trinajstić information content (AvgIpc) is 2.37. The van der Waals surface area contributed by atoms with Gasteiger partial charge in [-0.3, -0.25) is 9.78 Å². The van der Waals surface area contributed by atoms with E-state index in [0.717, 1.165) is 13.0 Å². The van der Waals surface area contributed by atoms with E-state index in [-0.39, 0.29) is 5.91 Å². The van der Waals surface area contributed by atoms with Crippen molar-refractivity contribution in [2.45, 2.75) is 26.3 Å². The Morgan fingerprint density at radius 3 is 2.94 bits per heavy atom. The second-order valence-corrected chi connectivity index (χ2v) is 4.47. The fraction of sp³-hybridized carbons (Fsp3) is 0.538. The minimum absolute atomic E-state index is 0.181. The molecule has 0 saturated carbocycles. The third-order valence-electron chi connectivity index (χ3n) is 3.11. The van der Waals surface area contributed by atoms with Crippen molar-refractivity contribution in [3.63, 3.8) is 0 Å². The molecule has 0 bridgehead atoms. The molecule has 1 amide bonds. The van der Waals surface area contributed by atoms with Gasteiger partial charge < -0.3 is 16.0 Å². The van der Waals surface area contributed by atoms with Crippen LogP contribution in [0.4, 0.5) is 5.69 Å². The molecule has 3 N–H and O–H groups in total. The minimum Gasteiger partial charge on any atom is -0.399 e. The number of likely N-dealkylation sites (N-methyl/N-ethyl adjacent to an activating group) is 1. The first-order valence-corrected chi connectivity index (χ1v) is 6.24. The molecule has 0 aliphatic heterocycles. The van der Waals surface area contributed by atoms with Crippen molar-refractivity contribution in [2.75, 3.05) is 25.9 Å². The van der Waals surface area contributed by atoms with Crippen LogP contribution in [-0.4, -0.2) is 42.0 Å². The van der Waals surface area contributed by atoms with Crippen LogP contribution in [0.3, 0.4) is 0 Å². The maximum atomic E-state index is 11.8.